The summed E-state index contributed by atoms with van der Waals surface area (Å²) < 4.78 is 14.7. The number of hydrogen-bond acceptors (Lipinski definition) is 7. The first kappa shape index (κ1) is 21.6. The largest absolute Gasteiger partial charge is 0.397 e. The number of amides is 1. The van der Waals surface area contributed by atoms with Crippen molar-refractivity contribution in [1.29, 1.82) is 0 Å². The highest BCUT2D eigenvalue weighted by Crippen LogP contribution is 2.30. The number of hydrogen-bond donors (Lipinski definition) is 3. The summed E-state index contributed by atoms with van der Waals surface area (Å²) in [6.45, 7) is 5.26. The standard InChI is InChI=1S/C23H26FN7O/c1-13-5-8-28-20(14(13)2)21-16(24)10-17(26)22(30-21)23(32)29-18-11-27-7-6-19(18)31-9-3-4-15(25)12-31/h5-8,10-11,15H,3-4,9,12,25-26H2,1-2H3,(H,29,32)/t15-/m0/s1. The molecule has 0 aliphatic carbocycles. The second kappa shape index (κ2) is 8.88. The number of aryl methyl sites for hydroxylation is 1. The molecule has 0 spiro atoms. The van der Waals surface area contributed by atoms with E-state index in [0.29, 0.717) is 17.9 Å². The molecular formula is C23H26FN7O. The molecular weight excluding hydrogens is 409 g/mol. The number of piperidine rings is 1. The number of pyridine rings is 3. The van der Waals surface area contributed by atoms with Crippen molar-refractivity contribution in [3.8, 4) is 11.4 Å². The molecule has 1 atom stereocenters. The first-order valence-electron chi connectivity index (χ1n) is 10.5. The minimum atomic E-state index is -0.635. The van der Waals surface area contributed by atoms with E-state index in [1.54, 1.807) is 18.6 Å². The number of anilines is 3. The number of nitrogen functional groups attached to an aromatic ring is 1. The van der Waals surface area contributed by atoms with Crippen molar-refractivity contribution in [2.24, 2.45) is 5.73 Å². The zero-order chi connectivity index (χ0) is 22.8. The van der Waals surface area contributed by atoms with Gasteiger partial charge in [0.05, 0.1) is 29.0 Å². The van der Waals surface area contributed by atoms with Gasteiger partial charge in [0.15, 0.2) is 11.5 Å². The van der Waals surface area contributed by atoms with Gasteiger partial charge in [0.25, 0.3) is 5.91 Å². The minimum absolute atomic E-state index is 0.0148. The van der Waals surface area contributed by atoms with Crippen molar-refractivity contribution in [2.75, 3.05) is 29.0 Å². The van der Waals surface area contributed by atoms with Crippen LogP contribution in [0.15, 0.2) is 36.8 Å². The molecule has 3 aromatic rings. The van der Waals surface area contributed by atoms with E-state index in [1.807, 2.05) is 26.0 Å². The highest BCUT2D eigenvalue weighted by atomic mass is 19.1. The molecule has 0 radical (unpaired) electrons. The molecule has 0 aromatic carbocycles. The fraction of sp³-hybridized carbons (Fsp3) is 0.304. The molecule has 1 aliphatic rings. The first-order valence-corrected chi connectivity index (χ1v) is 10.5. The number of halogens is 1. The molecule has 3 aromatic heterocycles. The number of rotatable bonds is 4. The van der Waals surface area contributed by atoms with Crippen molar-refractivity contribution in [2.45, 2.75) is 32.7 Å². The van der Waals surface area contributed by atoms with Crippen LogP contribution in [0.25, 0.3) is 11.4 Å². The lowest BCUT2D eigenvalue weighted by atomic mass is 10.1. The van der Waals surface area contributed by atoms with Crippen LogP contribution in [0.3, 0.4) is 0 Å². The molecule has 8 nitrogen and oxygen atoms in total. The van der Waals surface area contributed by atoms with Crippen LogP contribution in [0.4, 0.5) is 21.5 Å². The lowest BCUT2D eigenvalue weighted by Gasteiger charge is -2.33. The summed E-state index contributed by atoms with van der Waals surface area (Å²) in [5.74, 6) is -1.19. The van der Waals surface area contributed by atoms with E-state index in [1.165, 1.54) is 0 Å². The van der Waals surface area contributed by atoms with Crippen molar-refractivity contribution in [1.82, 2.24) is 15.0 Å². The number of aromatic nitrogens is 3. The molecule has 4 rings (SSSR count). The summed E-state index contributed by atoms with van der Waals surface area (Å²) in [7, 11) is 0. The van der Waals surface area contributed by atoms with Crippen LogP contribution in [0.1, 0.15) is 34.5 Å². The number of carbonyl (C=O) groups is 1. The van der Waals surface area contributed by atoms with Crippen molar-refractivity contribution >= 4 is 23.0 Å². The fourth-order valence-corrected chi connectivity index (χ4v) is 3.89. The molecule has 0 unspecified atom stereocenters. The van der Waals surface area contributed by atoms with Crippen molar-refractivity contribution in [3.05, 3.63) is 59.4 Å². The number of nitrogens with two attached hydrogens (primary N) is 2. The van der Waals surface area contributed by atoms with Gasteiger partial charge in [0.1, 0.15) is 5.69 Å². The Morgan fingerprint density at radius 1 is 1.25 bits per heavy atom. The van der Waals surface area contributed by atoms with Gasteiger partial charge in [-0.05, 0) is 49.9 Å². The second-order valence-electron chi connectivity index (χ2n) is 8.05. The molecule has 32 heavy (non-hydrogen) atoms. The van der Waals surface area contributed by atoms with E-state index >= 15 is 0 Å². The maximum Gasteiger partial charge on any atom is 0.276 e. The second-order valence-corrected chi connectivity index (χ2v) is 8.05. The predicted octanol–water partition coefficient (Wildman–Crippen LogP) is 3.06. The van der Waals surface area contributed by atoms with Gasteiger partial charge < -0.3 is 21.7 Å². The van der Waals surface area contributed by atoms with E-state index in [0.717, 1.165) is 42.3 Å². The zero-order valence-corrected chi connectivity index (χ0v) is 18.1. The Labute approximate surface area is 185 Å². The van der Waals surface area contributed by atoms with Crippen molar-refractivity contribution < 1.29 is 9.18 Å². The predicted molar refractivity (Wildman–Crippen MR) is 123 cm³/mol. The first-order chi connectivity index (χ1) is 15.3. The van der Waals surface area contributed by atoms with Crippen molar-refractivity contribution in [3.63, 3.8) is 0 Å². The van der Waals surface area contributed by atoms with Gasteiger partial charge in [-0.1, -0.05) is 0 Å². The number of nitrogens with zero attached hydrogens (tertiary/aromatic N) is 4. The Morgan fingerprint density at radius 2 is 2.06 bits per heavy atom. The van der Waals surface area contributed by atoms with E-state index in [9.17, 15) is 9.18 Å². The Hall–Kier alpha value is -3.59. The third kappa shape index (κ3) is 4.24. The zero-order valence-electron chi connectivity index (χ0n) is 18.1. The summed E-state index contributed by atoms with van der Waals surface area (Å²) >= 11 is 0. The summed E-state index contributed by atoms with van der Waals surface area (Å²) in [5, 5.41) is 2.83. The molecule has 0 bridgehead atoms. The van der Waals surface area contributed by atoms with Crippen LogP contribution in [0.5, 0.6) is 0 Å². The Bertz CT molecular complexity index is 1170. The molecule has 1 aliphatic heterocycles. The minimum Gasteiger partial charge on any atom is -0.397 e. The Morgan fingerprint density at radius 3 is 2.84 bits per heavy atom. The molecule has 1 amide bonds. The molecule has 4 heterocycles. The lowest BCUT2D eigenvalue weighted by Crippen LogP contribution is -2.43. The Kier molecular flexibility index (Phi) is 6.00. The SMILES string of the molecule is Cc1ccnc(-c2nc(C(=O)Nc3cnccc3N3CCC[C@H](N)C3)c(N)cc2F)c1C. The third-order valence-electron chi connectivity index (χ3n) is 5.76. The molecule has 5 N–H and O–H groups in total. The van der Waals surface area contributed by atoms with Gasteiger partial charge in [-0.3, -0.25) is 14.8 Å². The molecule has 0 saturated carbocycles. The maximum atomic E-state index is 14.7. The third-order valence-corrected chi connectivity index (χ3v) is 5.76. The van der Waals surface area contributed by atoms with E-state index < -0.39 is 11.7 Å². The lowest BCUT2D eigenvalue weighted by molar-refractivity contribution is 0.102. The average Bonchev–Trinajstić information content (AvgIpc) is 2.76. The van der Waals surface area contributed by atoms with Crippen LogP contribution in [-0.4, -0.2) is 40.0 Å². The van der Waals surface area contributed by atoms with Gasteiger partial charge in [0.2, 0.25) is 0 Å². The van der Waals surface area contributed by atoms with E-state index in [4.69, 9.17) is 11.5 Å². The fourth-order valence-electron chi connectivity index (χ4n) is 3.89. The normalized spacial score (nSPS) is 16.1. The summed E-state index contributed by atoms with van der Waals surface area (Å²) in [6.07, 6.45) is 6.75. The monoisotopic (exact) mass is 435 g/mol. The average molecular weight is 436 g/mol. The van der Waals surface area contributed by atoms with E-state index in [2.05, 4.69) is 25.2 Å². The summed E-state index contributed by atoms with van der Waals surface area (Å²) in [5.41, 5.74) is 15.4. The van der Waals surface area contributed by atoms with Gasteiger partial charge >= 0.3 is 0 Å². The van der Waals surface area contributed by atoms with Gasteiger partial charge in [-0.2, -0.15) is 0 Å². The van der Waals surface area contributed by atoms with Crippen LogP contribution < -0.4 is 21.7 Å². The molecule has 9 heteroatoms. The number of carbonyl (C=O) groups excluding carboxylic acids is 1. The number of nitrogens with one attached hydrogen (secondary N) is 1. The van der Waals surface area contributed by atoms with Crippen LogP contribution in [-0.2, 0) is 0 Å². The smallest absolute Gasteiger partial charge is 0.276 e. The summed E-state index contributed by atoms with van der Waals surface area (Å²) in [4.78, 5) is 27.9. The molecule has 1 saturated heterocycles. The van der Waals surface area contributed by atoms with Gasteiger partial charge in [-0.15, -0.1) is 0 Å². The highest BCUT2D eigenvalue weighted by molar-refractivity contribution is 6.08. The van der Waals surface area contributed by atoms with Crippen LogP contribution in [0.2, 0.25) is 0 Å². The van der Waals surface area contributed by atoms with Crippen LogP contribution in [0, 0.1) is 19.7 Å². The maximum absolute atomic E-state index is 14.7. The van der Waals surface area contributed by atoms with Gasteiger partial charge in [-0.25, -0.2) is 9.37 Å². The van der Waals surface area contributed by atoms with Gasteiger partial charge in [0, 0.05) is 37.6 Å². The molecule has 1 fully saturated rings. The van der Waals surface area contributed by atoms with E-state index in [-0.39, 0.29) is 23.1 Å². The molecule has 166 valence electrons. The highest BCUT2D eigenvalue weighted by Gasteiger charge is 2.23. The Balaban J connectivity index is 1.67. The summed E-state index contributed by atoms with van der Waals surface area (Å²) in [6, 6.07) is 4.84. The topological polar surface area (TPSA) is 123 Å². The van der Waals surface area contributed by atoms with Crippen LogP contribution >= 0.6 is 0 Å². The quantitative estimate of drug-likeness (QED) is 0.575.